The first kappa shape index (κ1) is 15.3. The van der Waals surface area contributed by atoms with Crippen LogP contribution in [0.15, 0.2) is 30.3 Å². The lowest BCUT2D eigenvalue weighted by atomic mass is 10.0. The molecule has 2 N–H and O–H groups in total. The number of hydrogen-bond donors (Lipinski definition) is 2. The van der Waals surface area contributed by atoms with Crippen LogP contribution in [-0.2, 0) is 4.79 Å². The van der Waals surface area contributed by atoms with E-state index in [-0.39, 0.29) is 24.5 Å². The van der Waals surface area contributed by atoms with Gasteiger partial charge in [-0.25, -0.2) is 0 Å². The summed E-state index contributed by atoms with van der Waals surface area (Å²) in [7, 11) is 0. The van der Waals surface area contributed by atoms with Crippen molar-refractivity contribution in [1.29, 1.82) is 0 Å². The second-order valence-corrected chi connectivity index (χ2v) is 4.47. The normalized spacial score (nSPS) is 13.0. The monoisotopic (exact) mass is 259 g/mol. The maximum absolute atomic E-state index is 12.0. The minimum absolute atomic E-state index is 0.0756. The van der Waals surface area contributed by atoms with Gasteiger partial charge in [-0.05, 0) is 5.56 Å². The highest BCUT2D eigenvalue weighted by Crippen LogP contribution is 2.13. The molecule has 0 saturated carbocycles. The highest BCUT2D eigenvalue weighted by atomic mass is 16.3. The summed E-state index contributed by atoms with van der Waals surface area (Å²) in [5.41, 5.74) is 0.908. The lowest BCUT2D eigenvalue weighted by Crippen LogP contribution is -2.34. The van der Waals surface area contributed by atoms with Gasteiger partial charge in [0, 0.05) is 18.8 Å². The van der Waals surface area contributed by atoms with Gasteiger partial charge in [-0.15, -0.1) is 11.8 Å². The van der Waals surface area contributed by atoms with E-state index in [2.05, 4.69) is 17.2 Å². The van der Waals surface area contributed by atoms with Crippen LogP contribution in [0.1, 0.15) is 38.3 Å². The largest absolute Gasteiger partial charge is 0.394 e. The van der Waals surface area contributed by atoms with E-state index < -0.39 is 0 Å². The molecule has 0 aromatic heterocycles. The fourth-order valence-corrected chi connectivity index (χ4v) is 1.68. The topological polar surface area (TPSA) is 49.3 Å². The van der Waals surface area contributed by atoms with E-state index in [9.17, 15) is 9.90 Å². The molecule has 102 valence electrons. The average molecular weight is 259 g/mol. The predicted molar refractivity (Wildman–Crippen MR) is 76.3 cm³/mol. The standard InChI is InChI=1S/C16H21NO2/c1-3-4-6-9-13(2)16(19)17-15(12-18)14-10-7-5-8-11-14/h5,7-8,10-11,13,15,18H,3,9,12H2,1-2H3,(H,17,19)/t13?,15-/m0/s1. The Morgan fingerprint density at radius 3 is 2.58 bits per heavy atom. The molecule has 0 aliphatic carbocycles. The molecular weight excluding hydrogens is 238 g/mol. The molecule has 1 amide bonds. The van der Waals surface area contributed by atoms with Crippen molar-refractivity contribution >= 4 is 5.91 Å². The third kappa shape index (κ3) is 5.15. The van der Waals surface area contributed by atoms with Gasteiger partial charge in [0.1, 0.15) is 0 Å². The summed E-state index contributed by atoms with van der Waals surface area (Å²) in [4.78, 5) is 12.0. The molecule has 0 spiro atoms. The van der Waals surface area contributed by atoms with Crippen LogP contribution in [0, 0.1) is 17.8 Å². The van der Waals surface area contributed by atoms with Crippen molar-refractivity contribution in [2.75, 3.05) is 6.61 Å². The Bertz CT molecular complexity index is 445. The van der Waals surface area contributed by atoms with Crippen LogP contribution < -0.4 is 5.32 Å². The predicted octanol–water partition coefficient (Wildman–Crippen LogP) is 2.28. The van der Waals surface area contributed by atoms with Gasteiger partial charge < -0.3 is 10.4 Å². The number of nitrogens with one attached hydrogen (secondary N) is 1. The Morgan fingerprint density at radius 1 is 1.32 bits per heavy atom. The summed E-state index contributed by atoms with van der Waals surface area (Å²) < 4.78 is 0. The Kier molecular flexibility index (Phi) is 6.70. The van der Waals surface area contributed by atoms with Gasteiger partial charge in [-0.3, -0.25) is 4.79 Å². The quantitative estimate of drug-likeness (QED) is 0.797. The fourth-order valence-electron chi connectivity index (χ4n) is 1.68. The van der Waals surface area contributed by atoms with Gasteiger partial charge in [0.15, 0.2) is 0 Å². The van der Waals surface area contributed by atoms with Crippen LogP contribution in [0.5, 0.6) is 0 Å². The van der Waals surface area contributed by atoms with Gasteiger partial charge in [0.2, 0.25) is 5.91 Å². The highest BCUT2D eigenvalue weighted by molar-refractivity contribution is 5.79. The summed E-state index contributed by atoms with van der Waals surface area (Å²) in [6.07, 6.45) is 1.35. The number of aliphatic hydroxyl groups excluding tert-OH is 1. The zero-order valence-corrected chi connectivity index (χ0v) is 11.5. The summed E-state index contributed by atoms with van der Waals surface area (Å²) in [5, 5.41) is 12.2. The van der Waals surface area contributed by atoms with Crippen molar-refractivity contribution < 1.29 is 9.90 Å². The molecule has 2 atom stereocenters. The fraction of sp³-hybridized carbons (Fsp3) is 0.438. The van der Waals surface area contributed by atoms with Crippen LogP contribution in [-0.4, -0.2) is 17.6 Å². The first-order chi connectivity index (χ1) is 9.19. The molecule has 1 aromatic rings. The minimum atomic E-state index is -0.352. The van der Waals surface area contributed by atoms with E-state index in [0.29, 0.717) is 6.42 Å². The summed E-state index contributed by atoms with van der Waals surface area (Å²) in [6.45, 7) is 3.72. The van der Waals surface area contributed by atoms with Gasteiger partial charge in [-0.2, -0.15) is 0 Å². The maximum Gasteiger partial charge on any atom is 0.224 e. The third-order valence-corrected chi connectivity index (χ3v) is 2.86. The SMILES string of the molecule is CCC#CCC(C)C(=O)N[C@@H](CO)c1ccccc1. The Labute approximate surface area is 115 Å². The van der Waals surface area contributed by atoms with E-state index >= 15 is 0 Å². The number of aliphatic hydroxyl groups is 1. The molecule has 0 radical (unpaired) electrons. The molecule has 3 nitrogen and oxygen atoms in total. The molecule has 0 aliphatic heterocycles. The molecule has 19 heavy (non-hydrogen) atoms. The summed E-state index contributed by atoms with van der Waals surface area (Å²) >= 11 is 0. The second kappa shape index (κ2) is 8.34. The molecule has 1 aromatic carbocycles. The molecule has 3 heteroatoms. The van der Waals surface area contributed by atoms with Gasteiger partial charge >= 0.3 is 0 Å². The highest BCUT2D eigenvalue weighted by Gasteiger charge is 2.17. The molecule has 1 rings (SSSR count). The zero-order chi connectivity index (χ0) is 14.1. The van der Waals surface area contributed by atoms with E-state index in [1.807, 2.05) is 44.2 Å². The molecular formula is C16H21NO2. The van der Waals surface area contributed by atoms with E-state index in [4.69, 9.17) is 0 Å². The molecule has 1 unspecified atom stereocenters. The summed E-state index contributed by atoms with van der Waals surface area (Å²) in [5.74, 6) is 5.68. The van der Waals surface area contributed by atoms with E-state index in [1.54, 1.807) is 0 Å². The van der Waals surface area contributed by atoms with Crippen LogP contribution in [0.3, 0.4) is 0 Å². The smallest absolute Gasteiger partial charge is 0.224 e. The average Bonchev–Trinajstić information content (AvgIpc) is 2.45. The van der Waals surface area contributed by atoms with Crippen molar-refractivity contribution in [3.8, 4) is 11.8 Å². The number of benzene rings is 1. The minimum Gasteiger partial charge on any atom is -0.394 e. The van der Waals surface area contributed by atoms with Crippen LogP contribution >= 0.6 is 0 Å². The number of hydrogen-bond acceptors (Lipinski definition) is 2. The Morgan fingerprint density at radius 2 is 2.00 bits per heavy atom. The third-order valence-electron chi connectivity index (χ3n) is 2.86. The Balaban J connectivity index is 2.58. The van der Waals surface area contributed by atoms with E-state index in [0.717, 1.165) is 12.0 Å². The van der Waals surface area contributed by atoms with Gasteiger partial charge in [-0.1, -0.05) is 44.2 Å². The number of carbonyl (C=O) groups excluding carboxylic acids is 1. The van der Waals surface area contributed by atoms with Gasteiger partial charge in [0.05, 0.1) is 12.6 Å². The van der Waals surface area contributed by atoms with E-state index in [1.165, 1.54) is 0 Å². The van der Waals surface area contributed by atoms with Crippen molar-refractivity contribution in [3.63, 3.8) is 0 Å². The molecule has 0 saturated heterocycles. The maximum atomic E-state index is 12.0. The van der Waals surface area contributed by atoms with Crippen LogP contribution in [0.2, 0.25) is 0 Å². The number of carbonyl (C=O) groups is 1. The second-order valence-electron chi connectivity index (χ2n) is 4.47. The van der Waals surface area contributed by atoms with Crippen molar-refractivity contribution in [2.24, 2.45) is 5.92 Å². The van der Waals surface area contributed by atoms with Crippen molar-refractivity contribution in [1.82, 2.24) is 5.32 Å². The first-order valence-corrected chi connectivity index (χ1v) is 6.61. The van der Waals surface area contributed by atoms with Crippen LogP contribution in [0.4, 0.5) is 0 Å². The molecule has 0 bridgehead atoms. The lowest BCUT2D eigenvalue weighted by molar-refractivity contribution is -0.125. The zero-order valence-electron chi connectivity index (χ0n) is 11.5. The Hall–Kier alpha value is -1.79. The number of amides is 1. The van der Waals surface area contributed by atoms with Crippen molar-refractivity contribution in [2.45, 2.75) is 32.7 Å². The molecule has 0 heterocycles. The number of rotatable bonds is 5. The first-order valence-electron chi connectivity index (χ1n) is 6.61. The molecule has 0 fully saturated rings. The van der Waals surface area contributed by atoms with Crippen molar-refractivity contribution in [3.05, 3.63) is 35.9 Å². The molecule has 0 aliphatic rings. The van der Waals surface area contributed by atoms with Crippen LogP contribution in [0.25, 0.3) is 0 Å². The summed E-state index contributed by atoms with van der Waals surface area (Å²) in [6, 6.07) is 9.12. The lowest BCUT2D eigenvalue weighted by Gasteiger charge is -2.18. The van der Waals surface area contributed by atoms with Gasteiger partial charge in [0.25, 0.3) is 0 Å².